The fourth-order valence-corrected chi connectivity index (χ4v) is 3.04. The van der Waals surface area contributed by atoms with E-state index >= 15 is 0 Å². The van der Waals surface area contributed by atoms with Crippen LogP contribution in [0, 0.1) is 0 Å². The second kappa shape index (κ2) is 9.68. The first kappa shape index (κ1) is 20.3. The molecule has 6 heteroatoms. The zero-order chi connectivity index (χ0) is 20.6. The molecule has 0 saturated carbocycles. The number of aromatic nitrogens is 2. The first-order valence-electron chi connectivity index (χ1n) is 9.88. The van der Waals surface area contributed by atoms with Crippen molar-refractivity contribution in [2.24, 2.45) is 0 Å². The number of hydrogen-bond donors (Lipinski definition) is 1. The summed E-state index contributed by atoms with van der Waals surface area (Å²) in [6.07, 6.45) is 0. The number of carbonyl (C=O) groups is 1. The summed E-state index contributed by atoms with van der Waals surface area (Å²) in [5.41, 5.74) is 2.05. The van der Waals surface area contributed by atoms with Gasteiger partial charge >= 0.3 is 5.97 Å². The van der Waals surface area contributed by atoms with Crippen LogP contribution in [0.25, 0.3) is 11.4 Å². The van der Waals surface area contributed by atoms with Crippen LogP contribution in [0.5, 0.6) is 0 Å². The van der Waals surface area contributed by atoms with E-state index in [4.69, 9.17) is 14.7 Å². The zero-order valence-corrected chi connectivity index (χ0v) is 17.1. The summed E-state index contributed by atoms with van der Waals surface area (Å²) in [6.45, 7) is 7.97. The summed E-state index contributed by atoms with van der Waals surface area (Å²) in [5.74, 6) is 1.72. The topological polar surface area (TPSA) is 67.3 Å². The van der Waals surface area contributed by atoms with Gasteiger partial charge in [0.05, 0.1) is 17.9 Å². The van der Waals surface area contributed by atoms with Crippen molar-refractivity contribution in [2.75, 3.05) is 29.9 Å². The minimum Gasteiger partial charge on any atom is -0.462 e. The van der Waals surface area contributed by atoms with Crippen LogP contribution in [-0.4, -0.2) is 35.6 Å². The van der Waals surface area contributed by atoms with Crippen LogP contribution in [0.2, 0.25) is 0 Å². The molecule has 0 unspecified atom stereocenters. The third-order valence-electron chi connectivity index (χ3n) is 4.52. The van der Waals surface area contributed by atoms with E-state index in [1.165, 1.54) is 0 Å². The molecular weight excluding hydrogens is 364 g/mol. The van der Waals surface area contributed by atoms with Gasteiger partial charge in [-0.05, 0) is 32.9 Å². The molecule has 0 amide bonds. The van der Waals surface area contributed by atoms with Gasteiger partial charge in [0, 0.05) is 24.7 Å². The number of ether oxygens (including phenoxy) is 1. The number of esters is 1. The number of rotatable bonds is 8. The predicted octanol–water partition coefficient (Wildman–Crippen LogP) is 4.91. The second-order valence-corrected chi connectivity index (χ2v) is 6.36. The zero-order valence-electron chi connectivity index (χ0n) is 17.1. The van der Waals surface area contributed by atoms with Crippen LogP contribution in [-0.2, 0) is 4.74 Å². The molecule has 0 fully saturated rings. The van der Waals surface area contributed by atoms with Gasteiger partial charge in [0.25, 0.3) is 0 Å². The summed E-state index contributed by atoms with van der Waals surface area (Å²) < 4.78 is 5.18. The lowest BCUT2D eigenvalue weighted by molar-refractivity contribution is 0.0527. The maximum absolute atomic E-state index is 12.3. The molecule has 29 heavy (non-hydrogen) atoms. The van der Waals surface area contributed by atoms with E-state index in [1.807, 2.05) is 54.6 Å². The summed E-state index contributed by atoms with van der Waals surface area (Å²) in [7, 11) is 0. The molecule has 1 heterocycles. The second-order valence-electron chi connectivity index (χ2n) is 6.36. The van der Waals surface area contributed by atoms with Crippen molar-refractivity contribution >= 4 is 23.3 Å². The van der Waals surface area contributed by atoms with E-state index in [1.54, 1.807) is 13.0 Å². The highest BCUT2D eigenvalue weighted by Crippen LogP contribution is 2.26. The number of para-hydroxylation sites is 1. The molecule has 2 aromatic carbocycles. The lowest BCUT2D eigenvalue weighted by atomic mass is 10.1. The number of hydrogen-bond acceptors (Lipinski definition) is 6. The Hall–Kier alpha value is -3.41. The third-order valence-corrected chi connectivity index (χ3v) is 4.52. The maximum Gasteiger partial charge on any atom is 0.340 e. The highest BCUT2D eigenvalue weighted by atomic mass is 16.5. The van der Waals surface area contributed by atoms with E-state index < -0.39 is 0 Å². The lowest BCUT2D eigenvalue weighted by Crippen LogP contribution is -2.23. The van der Waals surface area contributed by atoms with Crippen LogP contribution in [0.3, 0.4) is 0 Å². The molecule has 0 saturated heterocycles. The molecule has 0 bridgehead atoms. The molecule has 1 N–H and O–H groups in total. The highest BCUT2D eigenvalue weighted by molar-refractivity contribution is 5.96. The van der Waals surface area contributed by atoms with Crippen molar-refractivity contribution in [1.29, 1.82) is 0 Å². The Labute approximate surface area is 171 Å². The van der Waals surface area contributed by atoms with E-state index in [0.717, 1.165) is 24.5 Å². The van der Waals surface area contributed by atoms with Gasteiger partial charge in [-0.1, -0.05) is 42.5 Å². The number of carbonyl (C=O) groups excluding carboxylic acids is 1. The molecule has 0 aliphatic rings. The van der Waals surface area contributed by atoms with Crippen LogP contribution in [0.15, 0.2) is 60.7 Å². The van der Waals surface area contributed by atoms with E-state index in [9.17, 15) is 4.79 Å². The van der Waals surface area contributed by atoms with Crippen LogP contribution in [0.1, 0.15) is 31.1 Å². The Kier molecular flexibility index (Phi) is 6.79. The summed E-state index contributed by atoms with van der Waals surface area (Å²) in [5, 5.41) is 3.29. The SMILES string of the molecule is CCOC(=O)c1ccccc1Nc1cc(N(CC)CC)nc(-c2ccccc2)n1. The smallest absolute Gasteiger partial charge is 0.340 e. The average molecular weight is 390 g/mol. The van der Waals surface area contributed by atoms with E-state index in [2.05, 4.69) is 24.1 Å². The van der Waals surface area contributed by atoms with Gasteiger partial charge in [-0.25, -0.2) is 14.8 Å². The Bertz CT molecular complexity index is 956. The Morgan fingerprint density at radius 3 is 2.34 bits per heavy atom. The minimum atomic E-state index is -0.364. The number of nitrogens with zero attached hydrogens (tertiary/aromatic N) is 3. The van der Waals surface area contributed by atoms with Crippen molar-refractivity contribution < 1.29 is 9.53 Å². The van der Waals surface area contributed by atoms with Crippen molar-refractivity contribution in [3.8, 4) is 11.4 Å². The van der Waals surface area contributed by atoms with Crippen molar-refractivity contribution in [3.05, 3.63) is 66.2 Å². The van der Waals surface area contributed by atoms with Crippen LogP contribution >= 0.6 is 0 Å². The Morgan fingerprint density at radius 1 is 0.966 bits per heavy atom. The molecular formula is C23H26N4O2. The molecule has 0 aliphatic heterocycles. The molecule has 3 rings (SSSR count). The van der Waals surface area contributed by atoms with Gasteiger partial charge in [-0.15, -0.1) is 0 Å². The molecule has 1 aromatic heterocycles. The van der Waals surface area contributed by atoms with Crippen molar-refractivity contribution in [1.82, 2.24) is 9.97 Å². The van der Waals surface area contributed by atoms with Gasteiger partial charge < -0.3 is 15.0 Å². The number of nitrogens with one attached hydrogen (secondary N) is 1. The number of benzene rings is 2. The fourth-order valence-electron chi connectivity index (χ4n) is 3.04. The Morgan fingerprint density at radius 2 is 1.66 bits per heavy atom. The van der Waals surface area contributed by atoms with Crippen molar-refractivity contribution in [2.45, 2.75) is 20.8 Å². The Balaban J connectivity index is 2.03. The molecule has 0 radical (unpaired) electrons. The molecule has 0 atom stereocenters. The van der Waals surface area contributed by atoms with Crippen molar-refractivity contribution in [3.63, 3.8) is 0 Å². The predicted molar refractivity (Wildman–Crippen MR) is 117 cm³/mol. The fraction of sp³-hybridized carbons (Fsp3) is 0.261. The van der Waals surface area contributed by atoms with Gasteiger partial charge in [-0.2, -0.15) is 0 Å². The van der Waals surface area contributed by atoms with Crippen LogP contribution in [0.4, 0.5) is 17.3 Å². The number of anilines is 3. The van der Waals surface area contributed by atoms with E-state index in [-0.39, 0.29) is 5.97 Å². The van der Waals surface area contributed by atoms with E-state index in [0.29, 0.717) is 29.5 Å². The van der Waals surface area contributed by atoms with Crippen LogP contribution < -0.4 is 10.2 Å². The molecule has 6 nitrogen and oxygen atoms in total. The van der Waals surface area contributed by atoms with Gasteiger partial charge in [-0.3, -0.25) is 0 Å². The quantitative estimate of drug-likeness (QED) is 0.551. The first-order chi connectivity index (χ1) is 14.2. The normalized spacial score (nSPS) is 10.4. The minimum absolute atomic E-state index is 0.324. The molecule has 150 valence electrons. The van der Waals surface area contributed by atoms with Gasteiger partial charge in [0.15, 0.2) is 5.82 Å². The highest BCUT2D eigenvalue weighted by Gasteiger charge is 2.15. The van der Waals surface area contributed by atoms with Gasteiger partial charge in [0.2, 0.25) is 0 Å². The average Bonchev–Trinajstić information content (AvgIpc) is 2.76. The summed E-state index contributed by atoms with van der Waals surface area (Å²) in [6, 6.07) is 19.0. The monoisotopic (exact) mass is 390 g/mol. The molecule has 3 aromatic rings. The largest absolute Gasteiger partial charge is 0.462 e. The summed E-state index contributed by atoms with van der Waals surface area (Å²) in [4.78, 5) is 23.9. The van der Waals surface area contributed by atoms with Gasteiger partial charge in [0.1, 0.15) is 11.6 Å². The summed E-state index contributed by atoms with van der Waals surface area (Å²) >= 11 is 0. The molecule has 0 spiro atoms. The first-order valence-corrected chi connectivity index (χ1v) is 9.88. The lowest BCUT2D eigenvalue weighted by Gasteiger charge is -2.21. The maximum atomic E-state index is 12.3. The third kappa shape index (κ3) is 4.90. The molecule has 0 aliphatic carbocycles. The standard InChI is InChI=1S/C23H26N4O2/c1-4-27(5-2)21-16-20(25-22(26-21)17-12-8-7-9-13-17)24-19-15-11-10-14-18(19)23(28)29-6-3/h7-16H,4-6H2,1-3H3,(H,24,25,26).